The second-order valence-corrected chi connectivity index (χ2v) is 8.10. The van der Waals surface area contributed by atoms with Crippen LogP contribution in [0.15, 0.2) is 82.7 Å². The van der Waals surface area contributed by atoms with E-state index in [1.807, 2.05) is 31.2 Å². The van der Waals surface area contributed by atoms with Gasteiger partial charge >= 0.3 is 0 Å². The van der Waals surface area contributed by atoms with E-state index in [0.29, 0.717) is 22.5 Å². The Bertz CT molecular complexity index is 1310. The van der Waals surface area contributed by atoms with E-state index in [1.54, 1.807) is 42.5 Å². The summed E-state index contributed by atoms with van der Waals surface area (Å²) >= 11 is 1.17. The van der Waals surface area contributed by atoms with Crippen molar-refractivity contribution >= 4 is 22.7 Å². The molecule has 0 N–H and O–H groups in total. The van der Waals surface area contributed by atoms with Crippen LogP contribution in [0.5, 0.6) is 0 Å². The van der Waals surface area contributed by atoms with Gasteiger partial charge in [-0.3, -0.25) is 9.36 Å². The van der Waals surface area contributed by atoms with Gasteiger partial charge in [0.05, 0.1) is 22.7 Å². The van der Waals surface area contributed by atoms with Gasteiger partial charge in [-0.05, 0) is 43.2 Å². The third-order valence-corrected chi connectivity index (χ3v) is 5.81. The number of halogens is 1. The van der Waals surface area contributed by atoms with Crippen molar-refractivity contribution in [1.29, 1.82) is 5.26 Å². The second kappa shape index (κ2) is 8.52. The van der Waals surface area contributed by atoms with E-state index in [-0.39, 0.29) is 11.2 Å². The quantitative estimate of drug-likeness (QED) is 0.338. The molecule has 1 atom stereocenters. The molecule has 0 aliphatic heterocycles. The number of para-hydroxylation sites is 2. The molecule has 0 aliphatic rings. The summed E-state index contributed by atoms with van der Waals surface area (Å²) < 4.78 is 15.8. The van der Waals surface area contributed by atoms with Gasteiger partial charge in [0.1, 0.15) is 11.1 Å². The van der Waals surface area contributed by atoms with Gasteiger partial charge in [0.15, 0.2) is 5.16 Å². The number of fused-ring (bicyclic) bond motifs is 1. The first-order chi connectivity index (χ1) is 14.6. The molecule has 0 fully saturated rings. The topological polar surface area (TPSA) is 58.7 Å². The molecule has 0 aliphatic carbocycles. The number of nitrogens with zero attached hydrogens (tertiary/aromatic N) is 3. The highest BCUT2D eigenvalue weighted by molar-refractivity contribution is 8.00. The SMILES string of the molecule is Cc1ccc(C[C@H](C#N)Sc2nc3ccccc3c(=O)n2-c2ccccc2F)cc1. The summed E-state index contributed by atoms with van der Waals surface area (Å²) in [5, 5.41) is 9.95. The molecule has 1 aromatic heterocycles. The zero-order valence-corrected chi connectivity index (χ0v) is 17.1. The molecule has 4 rings (SSSR count). The fourth-order valence-electron chi connectivity index (χ4n) is 3.22. The van der Waals surface area contributed by atoms with Crippen LogP contribution >= 0.6 is 11.8 Å². The number of hydrogen-bond acceptors (Lipinski definition) is 4. The zero-order valence-electron chi connectivity index (χ0n) is 16.2. The van der Waals surface area contributed by atoms with Crippen molar-refractivity contribution in [1.82, 2.24) is 9.55 Å². The maximum absolute atomic E-state index is 14.6. The van der Waals surface area contributed by atoms with Gasteiger partial charge in [0.2, 0.25) is 0 Å². The molecule has 1 heterocycles. The van der Waals surface area contributed by atoms with Crippen LogP contribution in [0.25, 0.3) is 16.6 Å². The Hall–Kier alpha value is -3.43. The Balaban J connectivity index is 1.81. The van der Waals surface area contributed by atoms with Gasteiger partial charge in [-0.15, -0.1) is 0 Å². The third-order valence-electron chi connectivity index (χ3n) is 4.77. The summed E-state index contributed by atoms with van der Waals surface area (Å²) in [5.41, 5.74) is 2.44. The molecule has 4 aromatic rings. The molecular weight excluding hydrogens is 397 g/mol. The molecule has 0 radical (unpaired) electrons. The predicted molar refractivity (Wildman–Crippen MR) is 117 cm³/mol. The summed E-state index contributed by atoms with van der Waals surface area (Å²) in [6, 6.07) is 23.3. The number of benzene rings is 3. The molecule has 30 heavy (non-hydrogen) atoms. The second-order valence-electron chi connectivity index (χ2n) is 6.93. The van der Waals surface area contributed by atoms with E-state index in [0.717, 1.165) is 11.1 Å². The summed E-state index contributed by atoms with van der Waals surface area (Å²) in [5.74, 6) is -0.523. The predicted octanol–water partition coefficient (Wildman–Crippen LogP) is 5.06. The summed E-state index contributed by atoms with van der Waals surface area (Å²) in [4.78, 5) is 17.8. The minimum Gasteiger partial charge on any atom is -0.268 e. The normalized spacial score (nSPS) is 11.9. The number of thioether (sulfide) groups is 1. The molecule has 0 spiro atoms. The largest absolute Gasteiger partial charge is 0.268 e. The van der Waals surface area contributed by atoms with Crippen molar-refractivity contribution < 1.29 is 4.39 Å². The van der Waals surface area contributed by atoms with Crippen molar-refractivity contribution in [3.05, 3.63) is 100 Å². The number of aromatic nitrogens is 2. The monoisotopic (exact) mass is 415 g/mol. The van der Waals surface area contributed by atoms with Crippen molar-refractivity contribution in [3.8, 4) is 11.8 Å². The van der Waals surface area contributed by atoms with Gasteiger partial charge < -0.3 is 0 Å². The molecule has 0 saturated heterocycles. The van der Waals surface area contributed by atoms with Gasteiger partial charge in [-0.2, -0.15) is 5.26 Å². The number of aryl methyl sites for hydroxylation is 1. The van der Waals surface area contributed by atoms with Gasteiger partial charge in [-0.1, -0.05) is 65.9 Å². The Morgan fingerprint density at radius 1 is 1.07 bits per heavy atom. The first-order valence-corrected chi connectivity index (χ1v) is 10.3. The van der Waals surface area contributed by atoms with E-state index in [2.05, 4.69) is 11.1 Å². The molecule has 148 valence electrons. The molecule has 3 aromatic carbocycles. The van der Waals surface area contributed by atoms with Gasteiger partial charge in [0.25, 0.3) is 5.56 Å². The van der Waals surface area contributed by atoms with Gasteiger partial charge in [0, 0.05) is 0 Å². The summed E-state index contributed by atoms with van der Waals surface area (Å²) in [6.07, 6.45) is 0.488. The molecule has 0 bridgehead atoms. The van der Waals surface area contributed by atoms with Crippen LogP contribution < -0.4 is 5.56 Å². The Kier molecular flexibility index (Phi) is 5.64. The average Bonchev–Trinajstić information content (AvgIpc) is 2.76. The first kappa shape index (κ1) is 19.9. The standard InChI is InChI=1S/C24H18FN3OS/c1-16-10-12-17(13-11-16)14-18(15-26)30-24-27-21-8-4-2-6-19(21)23(29)28(24)22-9-5-3-7-20(22)25/h2-13,18H,14H2,1H3/t18-/m1/s1. The smallest absolute Gasteiger partial charge is 0.266 e. The van der Waals surface area contributed by atoms with E-state index < -0.39 is 11.1 Å². The summed E-state index contributed by atoms with van der Waals surface area (Å²) in [6.45, 7) is 2.01. The molecule has 0 unspecified atom stereocenters. The molecule has 0 saturated carbocycles. The van der Waals surface area contributed by atoms with E-state index in [9.17, 15) is 14.4 Å². The van der Waals surface area contributed by atoms with Crippen molar-refractivity contribution in [2.75, 3.05) is 0 Å². The highest BCUT2D eigenvalue weighted by atomic mass is 32.2. The third kappa shape index (κ3) is 3.98. The molecule has 6 heteroatoms. The fourth-order valence-corrected chi connectivity index (χ4v) is 4.24. The van der Waals surface area contributed by atoms with Gasteiger partial charge in [-0.25, -0.2) is 9.37 Å². The lowest BCUT2D eigenvalue weighted by Crippen LogP contribution is -2.23. The Morgan fingerprint density at radius 3 is 2.50 bits per heavy atom. The molecular formula is C24H18FN3OS. The lowest BCUT2D eigenvalue weighted by Gasteiger charge is -2.16. The Morgan fingerprint density at radius 2 is 1.77 bits per heavy atom. The Labute approximate surface area is 177 Å². The summed E-state index contributed by atoms with van der Waals surface area (Å²) in [7, 11) is 0. The van der Waals surface area contributed by atoms with E-state index >= 15 is 0 Å². The van der Waals surface area contributed by atoms with Crippen LogP contribution in [0.1, 0.15) is 11.1 Å². The zero-order chi connectivity index (χ0) is 21.1. The lowest BCUT2D eigenvalue weighted by atomic mass is 10.1. The van der Waals surface area contributed by atoms with Crippen LogP contribution in [0, 0.1) is 24.1 Å². The van der Waals surface area contributed by atoms with Crippen LogP contribution in [0.2, 0.25) is 0 Å². The fraction of sp³-hybridized carbons (Fsp3) is 0.125. The van der Waals surface area contributed by atoms with Crippen molar-refractivity contribution in [2.24, 2.45) is 0 Å². The molecule has 0 amide bonds. The molecule has 4 nitrogen and oxygen atoms in total. The average molecular weight is 415 g/mol. The maximum Gasteiger partial charge on any atom is 0.266 e. The minimum absolute atomic E-state index is 0.121. The van der Waals surface area contributed by atoms with Crippen molar-refractivity contribution in [2.45, 2.75) is 23.8 Å². The van der Waals surface area contributed by atoms with E-state index in [1.165, 1.54) is 22.4 Å². The maximum atomic E-state index is 14.6. The highest BCUT2D eigenvalue weighted by Gasteiger charge is 2.20. The van der Waals surface area contributed by atoms with E-state index in [4.69, 9.17) is 0 Å². The lowest BCUT2D eigenvalue weighted by molar-refractivity contribution is 0.608. The highest BCUT2D eigenvalue weighted by Crippen LogP contribution is 2.27. The number of nitriles is 1. The number of rotatable bonds is 5. The van der Waals surface area contributed by atoms with Crippen LogP contribution in [0.3, 0.4) is 0 Å². The minimum atomic E-state index is -0.523. The van der Waals surface area contributed by atoms with Crippen LogP contribution in [-0.4, -0.2) is 14.8 Å². The van der Waals surface area contributed by atoms with Crippen molar-refractivity contribution in [3.63, 3.8) is 0 Å². The van der Waals surface area contributed by atoms with Crippen LogP contribution in [0.4, 0.5) is 4.39 Å². The van der Waals surface area contributed by atoms with Crippen LogP contribution in [-0.2, 0) is 6.42 Å². The number of hydrogen-bond donors (Lipinski definition) is 0. The first-order valence-electron chi connectivity index (χ1n) is 9.45.